The molecule has 0 saturated carbocycles. The van der Waals surface area contributed by atoms with E-state index in [9.17, 15) is 9.18 Å². The van der Waals surface area contributed by atoms with Crippen molar-refractivity contribution >= 4 is 38.3 Å². The van der Waals surface area contributed by atoms with E-state index in [1.807, 2.05) is 18.2 Å². The highest BCUT2D eigenvalue weighted by atomic mass is 32.1. The molecule has 1 N–H and O–H groups in total. The third-order valence-electron chi connectivity index (χ3n) is 4.83. The molecule has 1 fully saturated rings. The second-order valence-electron chi connectivity index (χ2n) is 6.59. The summed E-state index contributed by atoms with van der Waals surface area (Å²) < 4.78 is 19.3. The largest absolute Gasteiger partial charge is 0.497 e. The molecular weight excluding hydrogens is 365 g/mol. The number of aromatic nitrogens is 1. The van der Waals surface area contributed by atoms with Crippen LogP contribution in [0.4, 0.5) is 15.2 Å². The van der Waals surface area contributed by atoms with Gasteiger partial charge in [0.05, 0.1) is 17.3 Å². The molecule has 1 aromatic heterocycles. The lowest BCUT2D eigenvalue weighted by Gasteiger charge is -2.31. The quantitative estimate of drug-likeness (QED) is 0.728. The zero-order chi connectivity index (χ0) is 18.8. The number of rotatable bonds is 4. The van der Waals surface area contributed by atoms with E-state index < -0.39 is 0 Å². The average Bonchev–Trinajstić information content (AvgIpc) is 3.13. The normalized spacial score (nSPS) is 15.1. The highest BCUT2D eigenvalue weighted by Gasteiger charge is 2.26. The molecule has 1 aliphatic rings. The standard InChI is InChI=1S/C20H20FN3O2S/c1-26-16-6-7-17-18(12-16)27-20(23-17)24-10-8-13(9-11-24)19(25)22-15-4-2-14(21)3-5-15/h2-7,12-13H,8-11H2,1H3,(H,22,25). The van der Waals surface area contributed by atoms with Crippen molar-refractivity contribution in [1.29, 1.82) is 0 Å². The molecule has 0 aliphatic carbocycles. The molecule has 3 aromatic rings. The predicted molar refractivity (Wildman–Crippen MR) is 106 cm³/mol. The van der Waals surface area contributed by atoms with Crippen molar-refractivity contribution in [3.63, 3.8) is 0 Å². The van der Waals surface area contributed by atoms with Gasteiger partial charge < -0.3 is 15.0 Å². The summed E-state index contributed by atoms with van der Waals surface area (Å²) in [5.74, 6) is 0.472. The van der Waals surface area contributed by atoms with Crippen molar-refractivity contribution in [3.8, 4) is 5.75 Å². The Hall–Kier alpha value is -2.67. The topological polar surface area (TPSA) is 54.5 Å². The summed E-state index contributed by atoms with van der Waals surface area (Å²) in [5.41, 5.74) is 1.59. The number of anilines is 2. The second kappa shape index (κ2) is 7.52. The summed E-state index contributed by atoms with van der Waals surface area (Å²) in [5, 5.41) is 3.86. The Morgan fingerprint density at radius 1 is 1.22 bits per heavy atom. The van der Waals surface area contributed by atoms with Crippen molar-refractivity contribution in [2.24, 2.45) is 5.92 Å². The molecule has 140 valence electrons. The van der Waals surface area contributed by atoms with Crippen molar-refractivity contribution in [2.75, 3.05) is 30.4 Å². The molecule has 7 heteroatoms. The Morgan fingerprint density at radius 2 is 1.96 bits per heavy atom. The summed E-state index contributed by atoms with van der Waals surface area (Å²) in [6.45, 7) is 1.58. The monoisotopic (exact) mass is 385 g/mol. The van der Waals surface area contributed by atoms with Crippen LogP contribution in [0, 0.1) is 11.7 Å². The van der Waals surface area contributed by atoms with Gasteiger partial charge in [-0.15, -0.1) is 0 Å². The van der Waals surface area contributed by atoms with E-state index in [1.165, 1.54) is 12.1 Å². The molecule has 0 bridgehead atoms. The number of nitrogens with zero attached hydrogens (tertiary/aromatic N) is 2. The molecule has 0 atom stereocenters. The molecule has 1 amide bonds. The molecule has 4 rings (SSSR count). The number of piperidine rings is 1. The first-order valence-electron chi connectivity index (χ1n) is 8.88. The first-order chi connectivity index (χ1) is 13.1. The van der Waals surface area contributed by atoms with Crippen LogP contribution < -0.4 is 15.0 Å². The molecule has 0 unspecified atom stereocenters. The average molecular weight is 385 g/mol. The van der Waals surface area contributed by atoms with Crippen LogP contribution >= 0.6 is 11.3 Å². The first-order valence-corrected chi connectivity index (χ1v) is 9.70. The van der Waals surface area contributed by atoms with Gasteiger partial charge in [0.2, 0.25) is 5.91 Å². The number of nitrogens with one attached hydrogen (secondary N) is 1. The number of thiazole rings is 1. The second-order valence-corrected chi connectivity index (χ2v) is 7.60. The summed E-state index contributed by atoms with van der Waals surface area (Å²) in [6, 6.07) is 11.7. The maximum Gasteiger partial charge on any atom is 0.227 e. The summed E-state index contributed by atoms with van der Waals surface area (Å²) in [4.78, 5) is 19.4. The van der Waals surface area contributed by atoms with Crippen LogP contribution in [0.3, 0.4) is 0 Å². The third-order valence-corrected chi connectivity index (χ3v) is 5.91. The summed E-state index contributed by atoms with van der Waals surface area (Å²) >= 11 is 1.65. The summed E-state index contributed by atoms with van der Waals surface area (Å²) in [6.07, 6.45) is 1.54. The fourth-order valence-corrected chi connectivity index (χ4v) is 4.31. The van der Waals surface area contributed by atoms with E-state index in [0.717, 1.165) is 47.0 Å². The zero-order valence-corrected chi connectivity index (χ0v) is 15.8. The van der Waals surface area contributed by atoms with E-state index in [0.29, 0.717) is 5.69 Å². The van der Waals surface area contributed by atoms with Gasteiger partial charge in [-0.25, -0.2) is 9.37 Å². The Morgan fingerprint density at radius 3 is 2.67 bits per heavy atom. The van der Waals surface area contributed by atoms with E-state index in [2.05, 4.69) is 10.2 Å². The molecular formula is C20H20FN3O2S. The number of halogens is 1. The number of hydrogen-bond donors (Lipinski definition) is 1. The van der Waals surface area contributed by atoms with Crippen LogP contribution in [-0.2, 0) is 4.79 Å². The maximum atomic E-state index is 13.0. The van der Waals surface area contributed by atoms with Gasteiger partial charge in [-0.05, 0) is 55.3 Å². The highest BCUT2D eigenvalue weighted by molar-refractivity contribution is 7.22. The number of fused-ring (bicyclic) bond motifs is 1. The predicted octanol–water partition coefficient (Wildman–Crippen LogP) is 4.30. The van der Waals surface area contributed by atoms with Crippen molar-refractivity contribution in [1.82, 2.24) is 4.98 Å². The number of methoxy groups -OCH3 is 1. The van der Waals surface area contributed by atoms with Gasteiger partial charge in [-0.1, -0.05) is 11.3 Å². The van der Waals surface area contributed by atoms with Crippen LogP contribution in [0.25, 0.3) is 10.2 Å². The fraction of sp³-hybridized carbons (Fsp3) is 0.300. The molecule has 5 nitrogen and oxygen atoms in total. The van der Waals surface area contributed by atoms with Gasteiger partial charge in [0.25, 0.3) is 0 Å². The van der Waals surface area contributed by atoms with Crippen LogP contribution in [0.15, 0.2) is 42.5 Å². The number of carbonyl (C=O) groups is 1. The van der Waals surface area contributed by atoms with Crippen molar-refractivity contribution < 1.29 is 13.9 Å². The zero-order valence-electron chi connectivity index (χ0n) is 14.9. The lowest BCUT2D eigenvalue weighted by Crippen LogP contribution is -2.38. The van der Waals surface area contributed by atoms with E-state index in [1.54, 1.807) is 30.6 Å². The highest BCUT2D eigenvalue weighted by Crippen LogP contribution is 2.33. The number of amides is 1. The summed E-state index contributed by atoms with van der Waals surface area (Å²) in [7, 11) is 1.66. The Balaban J connectivity index is 1.38. The van der Waals surface area contributed by atoms with Gasteiger partial charge in [0, 0.05) is 24.7 Å². The molecule has 0 radical (unpaired) electrons. The molecule has 27 heavy (non-hydrogen) atoms. The number of hydrogen-bond acceptors (Lipinski definition) is 5. The Kier molecular flexibility index (Phi) is 4.94. The minimum absolute atomic E-state index is 0.00436. The van der Waals surface area contributed by atoms with Crippen LogP contribution in [0.2, 0.25) is 0 Å². The van der Waals surface area contributed by atoms with E-state index >= 15 is 0 Å². The number of ether oxygens (including phenoxy) is 1. The van der Waals surface area contributed by atoms with E-state index in [4.69, 9.17) is 9.72 Å². The fourth-order valence-electron chi connectivity index (χ4n) is 3.27. The van der Waals surface area contributed by atoms with Crippen LogP contribution in [-0.4, -0.2) is 31.1 Å². The Labute approximate surface area is 160 Å². The van der Waals surface area contributed by atoms with Gasteiger partial charge >= 0.3 is 0 Å². The van der Waals surface area contributed by atoms with Gasteiger partial charge in [0.1, 0.15) is 11.6 Å². The van der Waals surface area contributed by atoms with Crippen molar-refractivity contribution in [2.45, 2.75) is 12.8 Å². The van der Waals surface area contributed by atoms with Gasteiger partial charge in [-0.2, -0.15) is 0 Å². The van der Waals surface area contributed by atoms with Gasteiger partial charge in [0.15, 0.2) is 5.13 Å². The minimum Gasteiger partial charge on any atom is -0.497 e. The number of carbonyl (C=O) groups excluding carboxylic acids is 1. The minimum atomic E-state index is -0.310. The lowest BCUT2D eigenvalue weighted by atomic mass is 9.96. The SMILES string of the molecule is COc1ccc2nc(N3CCC(C(=O)Nc4ccc(F)cc4)CC3)sc2c1. The third kappa shape index (κ3) is 3.88. The number of benzene rings is 2. The van der Waals surface area contributed by atoms with E-state index in [-0.39, 0.29) is 17.6 Å². The van der Waals surface area contributed by atoms with Gasteiger partial charge in [-0.3, -0.25) is 4.79 Å². The smallest absolute Gasteiger partial charge is 0.227 e. The lowest BCUT2D eigenvalue weighted by molar-refractivity contribution is -0.120. The maximum absolute atomic E-state index is 13.0. The molecule has 1 saturated heterocycles. The Bertz CT molecular complexity index is 950. The molecule has 1 aliphatic heterocycles. The molecule has 0 spiro atoms. The van der Waals surface area contributed by atoms with Crippen molar-refractivity contribution in [3.05, 3.63) is 48.3 Å². The van der Waals surface area contributed by atoms with Crippen LogP contribution in [0.1, 0.15) is 12.8 Å². The molecule has 2 heterocycles. The van der Waals surface area contributed by atoms with Crippen LogP contribution in [0.5, 0.6) is 5.75 Å². The first kappa shape index (κ1) is 17.7. The molecule has 2 aromatic carbocycles.